The summed E-state index contributed by atoms with van der Waals surface area (Å²) in [4.78, 5) is 11.7. The summed E-state index contributed by atoms with van der Waals surface area (Å²) in [6, 6.07) is 8.40. The highest BCUT2D eigenvalue weighted by molar-refractivity contribution is 5.78. The Bertz CT molecular complexity index is 411. The highest BCUT2D eigenvalue weighted by Gasteiger charge is 2.22. The minimum Gasteiger partial charge on any atom is -0.469 e. The van der Waals surface area contributed by atoms with Gasteiger partial charge in [0, 0.05) is 6.54 Å². The third-order valence-electron chi connectivity index (χ3n) is 3.74. The molecule has 0 radical (unpaired) electrons. The van der Waals surface area contributed by atoms with Gasteiger partial charge < -0.3 is 10.1 Å². The monoisotopic (exact) mass is 247 g/mol. The topological polar surface area (TPSA) is 38.3 Å². The third-order valence-corrected chi connectivity index (χ3v) is 3.74. The van der Waals surface area contributed by atoms with Crippen molar-refractivity contribution in [2.75, 3.05) is 20.2 Å². The van der Waals surface area contributed by atoms with E-state index in [2.05, 4.69) is 23.5 Å². The molecule has 1 N–H and O–H groups in total. The predicted octanol–water partition coefficient (Wildman–Crippen LogP) is 2.43. The normalized spacial score (nSPS) is 20.7. The van der Waals surface area contributed by atoms with Crippen molar-refractivity contribution >= 4 is 5.97 Å². The molecule has 1 aliphatic rings. The van der Waals surface area contributed by atoms with Crippen molar-refractivity contribution in [3.8, 4) is 0 Å². The molecule has 0 bridgehead atoms. The Morgan fingerprint density at radius 3 is 3.00 bits per heavy atom. The van der Waals surface area contributed by atoms with Crippen LogP contribution < -0.4 is 5.32 Å². The van der Waals surface area contributed by atoms with Gasteiger partial charge in [-0.3, -0.25) is 4.79 Å². The smallest absolute Gasteiger partial charge is 0.313 e. The van der Waals surface area contributed by atoms with Gasteiger partial charge in [0.15, 0.2) is 0 Å². The van der Waals surface area contributed by atoms with Gasteiger partial charge in [-0.15, -0.1) is 0 Å². The number of esters is 1. The van der Waals surface area contributed by atoms with Crippen LogP contribution in [0.3, 0.4) is 0 Å². The van der Waals surface area contributed by atoms with Crippen molar-refractivity contribution in [2.24, 2.45) is 0 Å². The molecule has 3 heteroatoms. The molecule has 1 aromatic carbocycles. The van der Waals surface area contributed by atoms with Gasteiger partial charge in [0.2, 0.25) is 0 Å². The Morgan fingerprint density at radius 2 is 2.39 bits per heavy atom. The Kier molecular flexibility index (Phi) is 4.37. The van der Waals surface area contributed by atoms with E-state index in [4.69, 9.17) is 4.74 Å². The summed E-state index contributed by atoms with van der Waals surface area (Å²) in [5.41, 5.74) is 2.41. The van der Waals surface area contributed by atoms with Crippen LogP contribution in [0.15, 0.2) is 24.3 Å². The summed E-state index contributed by atoms with van der Waals surface area (Å²) in [7, 11) is 1.45. The molecule has 1 aliphatic heterocycles. The van der Waals surface area contributed by atoms with Crippen LogP contribution in [-0.4, -0.2) is 26.2 Å². The van der Waals surface area contributed by atoms with Gasteiger partial charge in [-0.25, -0.2) is 0 Å². The first kappa shape index (κ1) is 13.1. The lowest BCUT2D eigenvalue weighted by atomic mass is 9.91. The van der Waals surface area contributed by atoms with Crippen molar-refractivity contribution in [1.29, 1.82) is 0 Å². The number of carbonyl (C=O) groups is 1. The number of hydrogen-bond donors (Lipinski definition) is 1. The second-order valence-electron chi connectivity index (χ2n) is 4.84. The maximum absolute atomic E-state index is 11.7. The van der Waals surface area contributed by atoms with Crippen LogP contribution >= 0.6 is 0 Å². The molecule has 0 amide bonds. The van der Waals surface area contributed by atoms with Gasteiger partial charge >= 0.3 is 5.97 Å². The zero-order valence-electron chi connectivity index (χ0n) is 11.1. The van der Waals surface area contributed by atoms with Crippen molar-refractivity contribution in [3.63, 3.8) is 0 Å². The maximum atomic E-state index is 11.7. The molecule has 1 heterocycles. The molecular weight excluding hydrogens is 226 g/mol. The van der Waals surface area contributed by atoms with E-state index >= 15 is 0 Å². The van der Waals surface area contributed by atoms with Gasteiger partial charge in [-0.05, 0) is 36.4 Å². The van der Waals surface area contributed by atoms with Crippen LogP contribution in [0.2, 0.25) is 0 Å². The Labute approximate surface area is 109 Å². The minimum atomic E-state index is -0.140. The summed E-state index contributed by atoms with van der Waals surface area (Å²) in [6.45, 7) is 4.15. The Hall–Kier alpha value is -1.35. The van der Waals surface area contributed by atoms with E-state index in [0.29, 0.717) is 5.92 Å². The molecule has 98 valence electrons. The van der Waals surface area contributed by atoms with Crippen molar-refractivity contribution in [2.45, 2.75) is 31.6 Å². The number of benzene rings is 1. The first-order chi connectivity index (χ1) is 8.76. The molecule has 18 heavy (non-hydrogen) atoms. The van der Waals surface area contributed by atoms with Gasteiger partial charge in [0.25, 0.3) is 0 Å². The van der Waals surface area contributed by atoms with Crippen LogP contribution in [0, 0.1) is 0 Å². The van der Waals surface area contributed by atoms with Crippen LogP contribution in [0.1, 0.15) is 42.7 Å². The number of nitrogens with one attached hydrogen (secondary N) is 1. The van der Waals surface area contributed by atoms with Crippen molar-refractivity contribution in [3.05, 3.63) is 35.4 Å². The zero-order chi connectivity index (χ0) is 13.0. The number of methoxy groups -OCH3 is 1. The molecule has 1 fully saturated rings. The summed E-state index contributed by atoms with van der Waals surface area (Å²) < 4.78 is 4.87. The largest absolute Gasteiger partial charge is 0.469 e. The quantitative estimate of drug-likeness (QED) is 0.830. The van der Waals surface area contributed by atoms with E-state index in [9.17, 15) is 4.79 Å². The maximum Gasteiger partial charge on any atom is 0.313 e. The molecule has 2 atom stereocenters. The fraction of sp³-hybridized carbons (Fsp3) is 0.533. The number of rotatable bonds is 4. The van der Waals surface area contributed by atoms with Crippen LogP contribution in [0.4, 0.5) is 0 Å². The Morgan fingerprint density at radius 1 is 1.56 bits per heavy atom. The minimum absolute atomic E-state index is 0.135. The molecule has 0 aromatic heterocycles. The number of carbonyl (C=O) groups excluding carboxylic acids is 1. The fourth-order valence-electron chi connectivity index (χ4n) is 2.65. The van der Waals surface area contributed by atoms with Crippen LogP contribution in [0.25, 0.3) is 0 Å². The van der Waals surface area contributed by atoms with Crippen LogP contribution in [-0.2, 0) is 9.53 Å². The molecule has 0 spiro atoms. The number of hydrogen-bond acceptors (Lipinski definition) is 3. The van der Waals surface area contributed by atoms with E-state index in [1.807, 2.05) is 13.0 Å². The van der Waals surface area contributed by atoms with Gasteiger partial charge in [-0.2, -0.15) is 0 Å². The van der Waals surface area contributed by atoms with Gasteiger partial charge in [0.05, 0.1) is 13.0 Å². The lowest BCUT2D eigenvalue weighted by molar-refractivity contribution is -0.142. The van der Waals surface area contributed by atoms with E-state index in [1.165, 1.54) is 19.1 Å². The van der Waals surface area contributed by atoms with Crippen molar-refractivity contribution in [1.82, 2.24) is 5.32 Å². The molecule has 3 nitrogen and oxygen atoms in total. The number of ether oxygens (including phenoxy) is 1. The highest BCUT2D eigenvalue weighted by Crippen LogP contribution is 2.27. The fourth-order valence-corrected chi connectivity index (χ4v) is 2.65. The molecule has 0 saturated carbocycles. The highest BCUT2D eigenvalue weighted by atomic mass is 16.5. The van der Waals surface area contributed by atoms with Gasteiger partial charge in [-0.1, -0.05) is 31.2 Å². The SMILES string of the molecule is CCC(C(=O)OC)c1cccc(C2CCNC2)c1. The second-order valence-corrected chi connectivity index (χ2v) is 4.84. The molecular formula is C15H21NO2. The summed E-state index contributed by atoms with van der Waals surface area (Å²) in [6.07, 6.45) is 1.96. The van der Waals surface area contributed by atoms with E-state index in [-0.39, 0.29) is 11.9 Å². The molecule has 2 rings (SSSR count). The second kappa shape index (κ2) is 6.01. The summed E-state index contributed by atoms with van der Waals surface area (Å²) in [5, 5.41) is 3.38. The summed E-state index contributed by atoms with van der Waals surface area (Å²) in [5.74, 6) is 0.309. The lowest BCUT2D eigenvalue weighted by Gasteiger charge is -2.16. The van der Waals surface area contributed by atoms with E-state index in [1.54, 1.807) is 0 Å². The average molecular weight is 247 g/mol. The standard InChI is InChI=1S/C15H21NO2/c1-3-14(15(17)18-2)12-6-4-5-11(9-12)13-7-8-16-10-13/h4-6,9,13-14,16H,3,7-8,10H2,1-2H3. The van der Waals surface area contributed by atoms with Crippen molar-refractivity contribution < 1.29 is 9.53 Å². The first-order valence-corrected chi connectivity index (χ1v) is 6.64. The van der Waals surface area contributed by atoms with Gasteiger partial charge in [0.1, 0.15) is 0 Å². The Balaban J connectivity index is 2.22. The predicted molar refractivity (Wildman–Crippen MR) is 71.7 cm³/mol. The molecule has 1 saturated heterocycles. The molecule has 1 aromatic rings. The first-order valence-electron chi connectivity index (χ1n) is 6.64. The summed E-state index contributed by atoms with van der Waals surface area (Å²) >= 11 is 0. The molecule has 0 aliphatic carbocycles. The molecule has 2 unspecified atom stereocenters. The van der Waals surface area contributed by atoms with E-state index < -0.39 is 0 Å². The third kappa shape index (κ3) is 2.72. The lowest BCUT2D eigenvalue weighted by Crippen LogP contribution is -2.14. The average Bonchev–Trinajstić information content (AvgIpc) is 2.93. The van der Waals surface area contributed by atoms with Crippen LogP contribution in [0.5, 0.6) is 0 Å². The zero-order valence-corrected chi connectivity index (χ0v) is 11.1. The van der Waals surface area contributed by atoms with E-state index in [0.717, 1.165) is 25.1 Å².